The van der Waals surface area contributed by atoms with E-state index in [9.17, 15) is 18.0 Å². The van der Waals surface area contributed by atoms with Gasteiger partial charge in [-0.25, -0.2) is 4.98 Å². The molecular formula is C21H23F3N8O. The number of likely N-dealkylation sites (N-methyl/N-ethyl adjacent to an activating group) is 2. The summed E-state index contributed by atoms with van der Waals surface area (Å²) in [6.07, 6.45) is 1.39. The minimum absolute atomic E-state index is 0.0370. The molecule has 4 heterocycles. The van der Waals surface area contributed by atoms with Gasteiger partial charge in [-0.3, -0.25) is 14.5 Å². The summed E-state index contributed by atoms with van der Waals surface area (Å²) in [6, 6.07) is 2.85. The Labute approximate surface area is 188 Å². The van der Waals surface area contributed by atoms with Gasteiger partial charge in [0, 0.05) is 44.2 Å². The minimum Gasteiger partial charge on any atom is -0.350 e. The third-order valence-corrected chi connectivity index (χ3v) is 5.73. The Balaban J connectivity index is 1.47. The molecule has 0 fully saturated rings. The molecule has 0 saturated carbocycles. The zero-order valence-electron chi connectivity index (χ0n) is 18.6. The van der Waals surface area contributed by atoms with E-state index in [2.05, 4.69) is 25.4 Å². The summed E-state index contributed by atoms with van der Waals surface area (Å²) in [5, 5.41) is 7.25. The highest BCUT2D eigenvalue weighted by Gasteiger charge is 2.42. The maximum atomic E-state index is 13.2. The van der Waals surface area contributed by atoms with E-state index in [1.807, 2.05) is 18.7 Å². The van der Waals surface area contributed by atoms with Crippen molar-refractivity contribution in [3.8, 4) is 0 Å². The van der Waals surface area contributed by atoms with Gasteiger partial charge >= 0.3 is 6.18 Å². The topological polar surface area (TPSA) is 92.1 Å². The van der Waals surface area contributed by atoms with Gasteiger partial charge in [0.1, 0.15) is 16.9 Å². The van der Waals surface area contributed by atoms with Crippen molar-refractivity contribution in [3.05, 3.63) is 53.7 Å². The summed E-state index contributed by atoms with van der Waals surface area (Å²) < 4.78 is 40.9. The molecule has 1 aliphatic heterocycles. The number of carbonyl (C=O) groups is 1. The fourth-order valence-electron chi connectivity index (χ4n) is 3.62. The van der Waals surface area contributed by atoms with E-state index in [0.29, 0.717) is 24.0 Å². The van der Waals surface area contributed by atoms with E-state index in [1.54, 1.807) is 32.7 Å². The number of aromatic nitrogens is 5. The molecule has 0 saturated heterocycles. The molecule has 4 rings (SSSR count). The van der Waals surface area contributed by atoms with Gasteiger partial charge in [0.25, 0.3) is 5.91 Å². The van der Waals surface area contributed by atoms with Gasteiger partial charge in [0.15, 0.2) is 5.82 Å². The number of nitrogens with one attached hydrogen (secondary N) is 1. The summed E-state index contributed by atoms with van der Waals surface area (Å²) in [5.74, 6) is 0.918. The molecule has 0 radical (unpaired) electrons. The second-order valence-electron chi connectivity index (χ2n) is 8.29. The van der Waals surface area contributed by atoms with Gasteiger partial charge in [-0.15, -0.1) is 0 Å². The van der Waals surface area contributed by atoms with Crippen LogP contribution in [0.4, 0.5) is 30.6 Å². The van der Waals surface area contributed by atoms with Crippen LogP contribution in [0.2, 0.25) is 0 Å². The second kappa shape index (κ2) is 8.01. The molecule has 9 nitrogen and oxygen atoms in total. The van der Waals surface area contributed by atoms with Gasteiger partial charge < -0.3 is 15.1 Å². The van der Waals surface area contributed by atoms with Crippen molar-refractivity contribution >= 4 is 23.4 Å². The Morgan fingerprint density at radius 3 is 2.64 bits per heavy atom. The van der Waals surface area contributed by atoms with Crippen molar-refractivity contribution in [1.29, 1.82) is 0 Å². The number of amides is 1. The van der Waals surface area contributed by atoms with Gasteiger partial charge in [-0.1, -0.05) is 6.07 Å². The molecule has 0 atom stereocenters. The SMILES string of the molecule is CN1C(=O)C(C)(C)N(C)c2nc(NCc3cnn(Cc4cccnc4C(F)(F)F)c3)ncc21. The summed E-state index contributed by atoms with van der Waals surface area (Å²) in [5.41, 5.74) is -0.282. The largest absolute Gasteiger partial charge is 0.433 e. The Bertz CT molecular complexity index is 1190. The molecular weight excluding hydrogens is 437 g/mol. The lowest BCUT2D eigenvalue weighted by Crippen LogP contribution is -2.58. The lowest BCUT2D eigenvalue weighted by Gasteiger charge is -2.43. The van der Waals surface area contributed by atoms with Crippen molar-refractivity contribution in [2.24, 2.45) is 0 Å². The molecule has 0 bridgehead atoms. The molecule has 1 amide bonds. The van der Waals surface area contributed by atoms with Crippen LogP contribution in [0.25, 0.3) is 0 Å². The van der Waals surface area contributed by atoms with Crippen LogP contribution in [-0.4, -0.2) is 50.3 Å². The number of hydrogen-bond acceptors (Lipinski definition) is 7. The van der Waals surface area contributed by atoms with E-state index in [0.717, 1.165) is 11.8 Å². The van der Waals surface area contributed by atoms with Crippen LogP contribution in [0.1, 0.15) is 30.7 Å². The van der Waals surface area contributed by atoms with Crippen molar-refractivity contribution in [3.63, 3.8) is 0 Å². The van der Waals surface area contributed by atoms with E-state index in [1.165, 1.54) is 21.7 Å². The van der Waals surface area contributed by atoms with Gasteiger partial charge in [-0.2, -0.15) is 23.3 Å². The number of fused-ring (bicyclic) bond motifs is 1. The van der Waals surface area contributed by atoms with Crippen molar-refractivity contribution in [2.45, 2.75) is 38.7 Å². The number of hydrogen-bond donors (Lipinski definition) is 1. The molecule has 3 aromatic heterocycles. The Hall–Kier alpha value is -3.70. The first-order chi connectivity index (χ1) is 15.5. The average Bonchev–Trinajstić information content (AvgIpc) is 3.22. The molecule has 1 aliphatic rings. The molecule has 0 spiro atoms. The highest BCUT2D eigenvalue weighted by Crippen LogP contribution is 2.37. The first-order valence-corrected chi connectivity index (χ1v) is 10.1. The fourth-order valence-corrected chi connectivity index (χ4v) is 3.62. The van der Waals surface area contributed by atoms with Crippen LogP contribution in [0.5, 0.6) is 0 Å². The number of nitrogens with zero attached hydrogens (tertiary/aromatic N) is 7. The molecule has 3 aromatic rings. The summed E-state index contributed by atoms with van der Waals surface area (Å²) >= 11 is 0. The monoisotopic (exact) mass is 460 g/mol. The molecule has 0 aliphatic carbocycles. The number of rotatable bonds is 5. The highest BCUT2D eigenvalue weighted by atomic mass is 19.4. The Kier molecular flexibility index (Phi) is 5.46. The fraction of sp³-hybridized carbons (Fsp3) is 0.381. The van der Waals surface area contributed by atoms with E-state index in [4.69, 9.17) is 0 Å². The maximum absolute atomic E-state index is 13.2. The summed E-state index contributed by atoms with van der Waals surface area (Å²) in [6.45, 7) is 3.91. The number of carbonyl (C=O) groups excluding carboxylic acids is 1. The molecule has 12 heteroatoms. The van der Waals surface area contributed by atoms with Crippen LogP contribution in [0, 0.1) is 0 Å². The quantitative estimate of drug-likeness (QED) is 0.626. The number of alkyl halides is 3. The Morgan fingerprint density at radius 1 is 1.15 bits per heavy atom. The molecule has 33 heavy (non-hydrogen) atoms. The zero-order valence-corrected chi connectivity index (χ0v) is 18.6. The first-order valence-electron chi connectivity index (χ1n) is 10.1. The third kappa shape index (κ3) is 4.20. The van der Waals surface area contributed by atoms with E-state index >= 15 is 0 Å². The molecule has 174 valence electrons. The standard InChI is InChI=1S/C21H23F3N8O/c1-20(2)18(33)30(3)15-10-27-19(29-17(15)31(20)4)26-8-13-9-28-32(11-13)12-14-6-5-7-25-16(14)21(22,23)24/h5-7,9-11H,8,12H2,1-4H3,(H,26,27,29). The number of anilines is 3. The number of pyridine rings is 1. The molecule has 0 unspecified atom stereocenters. The van der Waals surface area contributed by atoms with E-state index < -0.39 is 17.4 Å². The van der Waals surface area contributed by atoms with Crippen LogP contribution in [0.15, 0.2) is 36.9 Å². The summed E-state index contributed by atoms with van der Waals surface area (Å²) in [4.78, 5) is 28.2. The summed E-state index contributed by atoms with van der Waals surface area (Å²) in [7, 11) is 3.49. The predicted octanol–water partition coefficient (Wildman–Crippen LogP) is 2.94. The predicted molar refractivity (Wildman–Crippen MR) is 116 cm³/mol. The minimum atomic E-state index is -4.53. The third-order valence-electron chi connectivity index (χ3n) is 5.73. The van der Waals surface area contributed by atoms with Gasteiger partial charge in [0.2, 0.25) is 5.95 Å². The average molecular weight is 460 g/mol. The van der Waals surface area contributed by atoms with Crippen molar-refractivity contribution in [1.82, 2.24) is 24.7 Å². The molecule has 0 aromatic carbocycles. The maximum Gasteiger partial charge on any atom is 0.433 e. The first kappa shape index (κ1) is 22.5. The highest BCUT2D eigenvalue weighted by molar-refractivity contribution is 6.06. The molecule has 1 N–H and O–H groups in total. The smallest absolute Gasteiger partial charge is 0.350 e. The zero-order chi connectivity index (χ0) is 24.0. The van der Waals surface area contributed by atoms with Crippen LogP contribution in [0.3, 0.4) is 0 Å². The van der Waals surface area contributed by atoms with Crippen LogP contribution < -0.4 is 15.1 Å². The van der Waals surface area contributed by atoms with E-state index in [-0.39, 0.29) is 18.0 Å². The number of halogens is 3. The van der Waals surface area contributed by atoms with Crippen molar-refractivity contribution in [2.75, 3.05) is 29.2 Å². The van der Waals surface area contributed by atoms with Crippen molar-refractivity contribution < 1.29 is 18.0 Å². The normalized spacial score (nSPS) is 15.5. The van der Waals surface area contributed by atoms with Gasteiger partial charge in [-0.05, 0) is 19.9 Å². The van der Waals surface area contributed by atoms with Crippen LogP contribution in [-0.2, 0) is 24.1 Å². The lowest BCUT2D eigenvalue weighted by molar-refractivity contribution is -0.141. The van der Waals surface area contributed by atoms with Crippen LogP contribution >= 0.6 is 0 Å². The second-order valence-corrected chi connectivity index (χ2v) is 8.29. The van der Waals surface area contributed by atoms with Gasteiger partial charge in [0.05, 0.1) is 18.9 Å². The Morgan fingerprint density at radius 2 is 1.91 bits per heavy atom. The lowest BCUT2D eigenvalue weighted by atomic mass is 9.98.